The van der Waals surface area contributed by atoms with Crippen LogP contribution in [0.25, 0.3) is 6.08 Å². The number of alkyl carbamates (subject to hydrolysis) is 1. The van der Waals surface area contributed by atoms with Crippen LogP contribution in [0.1, 0.15) is 17.5 Å². The largest absolute Gasteiger partial charge is 0.573 e. The number of rotatable bonds is 7. The lowest BCUT2D eigenvalue weighted by atomic mass is 10.2. The van der Waals surface area contributed by atoms with Gasteiger partial charge in [0.1, 0.15) is 12.4 Å². The average molecular weight is 365 g/mol. The number of carbonyl (C=O) groups is 1. The van der Waals surface area contributed by atoms with Gasteiger partial charge in [-0.3, -0.25) is 0 Å². The molecule has 4 nitrogen and oxygen atoms in total. The van der Waals surface area contributed by atoms with Crippen molar-refractivity contribution in [3.8, 4) is 5.75 Å². The smallest absolute Gasteiger partial charge is 0.445 e. The summed E-state index contributed by atoms with van der Waals surface area (Å²) in [5.41, 5.74) is 1.63. The number of nitrogens with one attached hydrogen (secondary N) is 1. The molecule has 0 aliphatic heterocycles. The van der Waals surface area contributed by atoms with Crippen molar-refractivity contribution in [2.75, 3.05) is 6.54 Å². The highest BCUT2D eigenvalue weighted by Gasteiger charge is 2.30. The van der Waals surface area contributed by atoms with Crippen molar-refractivity contribution in [3.63, 3.8) is 0 Å². The molecular weight excluding hydrogens is 347 g/mol. The van der Waals surface area contributed by atoms with Crippen molar-refractivity contribution in [2.45, 2.75) is 19.4 Å². The molecule has 0 aliphatic rings. The summed E-state index contributed by atoms with van der Waals surface area (Å²) in [7, 11) is 0. The van der Waals surface area contributed by atoms with Crippen molar-refractivity contribution >= 4 is 12.2 Å². The van der Waals surface area contributed by atoms with E-state index in [9.17, 15) is 18.0 Å². The Labute approximate surface area is 149 Å². The second-order valence-corrected chi connectivity index (χ2v) is 5.30. The van der Waals surface area contributed by atoms with Crippen LogP contribution < -0.4 is 10.1 Å². The zero-order valence-corrected chi connectivity index (χ0v) is 13.8. The minimum atomic E-state index is -4.70. The van der Waals surface area contributed by atoms with Gasteiger partial charge in [-0.15, -0.1) is 13.2 Å². The van der Waals surface area contributed by atoms with Crippen molar-refractivity contribution in [1.82, 2.24) is 5.32 Å². The Morgan fingerprint density at radius 2 is 1.73 bits per heavy atom. The number of hydrogen-bond acceptors (Lipinski definition) is 3. The van der Waals surface area contributed by atoms with Gasteiger partial charge >= 0.3 is 12.5 Å². The van der Waals surface area contributed by atoms with E-state index in [4.69, 9.17) is 4.74 Å². The molecule has 0 saturated carbocycles. The van der Waals surface area contributed by atoms with Gasteiger partial charge in [-0.1, -0.05) is 54.6 Å². The molecule has 0 bridgehead atoms. The Balaban J connectivity index is 1.65. The minimum absolute atomic E-state index is 0.203. The molecule has 0 spiro atoms. The summed E-state index contributed by atoms with van der Waals surface area (Å²) in [6.45, 7) is 0.592. The van der Waals surface area contributed by atoms with E-state index in [0.29, 0.717) is 13.0 Å². The predicted octanol–water partition coefficient (Wildman–Crippen LogP) is 4.91. The molecule has 2 rings (SSSR count). The van der Waals surface area contributed by atoms with Gasteiger partial charge < -0.3 is 14.8 Å². The molecule has 2 aromatic carbocycles. The van der Waals surface area contributed by atoms with E-state index < -0.39 is 12.5 Å². The van der Waals surface area contributed by atoms with Crippen LogP contribution in [0.3, 0.4) is 0 Å². The average Bonchev–Trinajstić information content (AvgIpc) is 2.61. The molecule has 0 atom stereocenters. The zero-order valence-electron chi connectivity index (χ0n) is 13.8. The summed E-state index contributed by atoms with van der Waals surface area (Å²) in [5, 5.41) is 2.62. The normalized spacial score (nSPS) is 11.3. The number of halogens is 3. The molecule has 0 unspecified atom stereocenters. The summed E-state index contributed by atoms with van der Waals surface area (Å²) in [6.07, 6.45) is -1.10. The van der Waals surface area contributed by atoms with E-state index in [0.717, 1.165) is 11.1 Å². The maximum atomic E-state index is 12.1. The number of alkyl halides is 3. The molecule has 7 heteroatoms. The lowest BCUT2D eigenvalue weighted by Gasteiger charge is -2.08. The predicted molar refractivity (Wildman–Crippen MR) is 91.4 cm³/mol. The fraction of sp³-hybridized carbons (Fsp3) is 0.211. The van der Waals surface area contributed by atoms with Gasteiger partial charge in [-0.2, -0.15) is 0 Å². The second kappa shape index (κ2) is 9.50. The molecule has 2 aromatic rings. The van der Waals surface area contributed by atoms with Crippen LogP contribution in [0, 0.1) is 0 Å². The first-order valence-electron chi connectivity index (χ1n) is 7.89. The monoisotopic (exact) mass is 365 g/mol. The molecular formula is C19H18F3NO3. The van der Waals surface area contributed by atoms with Crippen LogP contribution in [0.2, 0.25) is 0 Å². The third-order valence-electron chi connectivity index (χ3n) is 3.22. The number of hydrogen-bond donors (Lipinski definition) is 1. The summed E-state index contributed by atoms with van der Waals surface area (Å²) < 4.78 is 45.1. The Kier molecular flexibility index (Phi) is 7.08. The highest BCUT2D eigenvalue weighted by Crippen LogP contribution is 2.22. The second-order valence-electron chi connectivity index (χ2n) is 5.30. The zero-order chi connectivity index (χ0) is 18.8. The summed E-state index contributed by atoms with van der Waals surface area (Å²) in [6, 6.07) is 14.8. The Hall–Kier alpha value is -2.96. The Morgan fingerprint density at radius 3 is 2.38 bits per heavy atom. The molecule has 1 amide bonds. The van der Waals surface area contributed by atoms with E-state index in [1.54, 1.807) is 12.2 Å². The third kappa shape index (κ3) is 7.74. The number of ether oxygens (including phenoxy) is 2. The van der Waals surface area contributed by atoms with E-state index in [1.807, 2.05) is 30.3 Å². The van der Waals surface area contributed by atoms with Crippen molar-refractivity contribution in [2.24, 2.45) is 0 Å². The first-order valence-corrected chi connectivity index (χ1v) is 7.89. The minimum Gasteiger partial charge on any atom is -0.445 e. The fourth-order valence-electron chi connectivity index (χ4n) is 2.03. The first-order chi connectivity index (χ1) is 12.4. The van der Waals surface area contributed by atoms with Crippen LogP contribution in [0.4, 0.5) is 18.0 Å². The van der Waals surface area contributed by atoms with Crippen LogP contribution in [0.5, 0.6) is 5.75 Å². The standard InChI is InChI=1S/C19H18F3NO3/c20-19(21,22)26-17-11-9-15(10-12-17)6-4-5-13-23-18(24)25-14-16-7-2-1-3-8-16/h1-4,6-12H,5,13-14H2,(H,23,24). The third-order valence-corrected chi connectivity index (χ3v) is 3.22. The fourth-order valence-corrected chi connectivity index (χ4v) is 2.03. The van der Waals surface area contributed by atoms with Crippen molar-refractivity contribution in [3.05, 3.63) is 71.8 Å². The van der Waals surface area contributed by atoms with Crippen LogP contribution in [-0.2, 0) is 11.3 Å². The van der Waals surface area contributed by atoms with Gasteiger partial charge in [0.15, 0.2) is 0 Å². The SMILES string of the molecule is O=C(NCCC=Cc1ccc(OC(F)(F)F)cc1)OCc1ccccc1. The Bertz CT molecular complexity index is 713. The highest BCUT2D eigenvalue weighted by molar-refractivity contribution is 5.67. The van der Waals surface area contributed by atoms with Crippen molar-refractivity contribution < 1.29 is 27.4 Å². The highest BCUT2D eigenvalue weighted by atomic mass is 19.4. The molecule has 0 radical (unpaired) electrons. The quantitative estimate of drug-likeness (QED) is 0.709. The number of amides is 1. The summed E-state index contributed by atoms with van der Waals surface area (Å²) >= 11 is 0. The van der Waals surface area contributed by atoms with Gasteiger partial charge in [0, 0.05) is 6.54 Å². The molecule has 0 aromatic heterocycles. The molecule has 0 heterocycles. The van der Waals surface area contributed by atoms with E-state index >= 15 is 0 Å². The van der Waals surface area contributed by atoms with Crippen LogP contribution in [0.15, 0.2) is 60.7 Å². The van der Waals surface area contributed by atoms with E-state index in [1.165, 1.54) is 24.3 Å². The van der Waals surface area contributed by atoms with E-state index in [-0.39, 0.29) is 12.4 Å². The molecule has 0 saturated heterocycles. The number of benzene rings is 2. The first kappa shape index (κ1) is 19.4. The molecule has 1 N–H and O–H groups in total. The lowest BCUT2D eigenvalue weighted by molar-refractivity contribution is -0.274. The molecule has 0 aliphatic carbocycles. The van der Waals surface area contributed by atoms with Crippen LogP contribution >= 0.6 is 0 Å². The topological polar surface area (TPSA) is 47.6 Å². The van der Waals surface area contributed by atoms with Crippen LogP contribution in [-0.4, -0.2) is 19.0 Å². The molecule has 0 fully saturated rings. The van der Waals surface area contributed by atoms with Crippen molar-refractivity contribution in [1.29, 1.82) is 0 Å². The number of carbonyl (C=O) groups excluding carboxylic acids is 1. The van der Waals surface area contributed by atoms with Gasteiger partial charge in [0.25, 0.3) is 0 Å². The maximum absolute atomic E-state index is 12.1. The van der Waals surface area contributed by atoms with Gasteiger partial charge in [0.05, 0.1) is 0 Å². The Morgan fingerprint density at radius 1 is 1.04 bits per heavy atom. The molecule has 138 valence electrons. The maximum Gasteiger partial charge on any atom is 0.573 e. The van der Waals surface area contributed by atoms with Gasteiger partial charge in [-0.05, 0) is 29.7 Å². The summed E-state index contributed by atoms with van der Waals surface area (Å²) in [5.74, 6) is -0.266. The lowest BCUT2D eigenvalue weighted by Crippen LogP contribution is -2.24. The van der Waals surface area contributed by atoms with Gasteiger partial charge in [0.2, 0.25) is 0 Å². The molecule has 26 heavy (non-hydrogen) atoms. The van der Waals surface area contributed by atoms with Gasteiger partial charge in [-0.25, -0.2) is 4.79 Å². The summed E-state index contributed by atoms with van der Waals surface area (Å²) in [4.78, 5) is 11.5. The van der Waals surface area contributed by atoms with E-state index in [2.05, 4.69) is 10.1 Å².